The maximum atomic E-state index is 13.9. The van der Waals surface area contributed by atoms with Crippen LogP contribution in [-0.4, -0.2) is 40.1 Å². The van der Waals surface area contributed by atoms with Crippen molar-refractivity contribution in [3.05, 3.63) is 64.2 Å². The Morgan fingerprint density at radius 2 is 1.79 bits per heavy atom. The number of ether oxygens (including phenoxy) is 1. The highest BCUT2D eigenvalue weighted by Gasteiger charge is 2.53. The average molecular weight is 392 g/mol. The van der Waals surface area contributed by atoms with Crippen LogP contribution in [0.3, 0.4) is 0 Å². The molecule has 1 saturated heterocycles. The summed E-state index contributed by atoms with van der Waals surface area (Å²) in [5.41, 5.74) is 4.50. The summed E-state index contributed by atoms with van der Waals surface area (Å²) in [5, 5.41) is 29.4. The molecule has 3 N–H and O–H groups in total. The van der Waals surface area contributed by atoms with Crippen LogP contribution in [0.4, 0.5) is 8.78 Å². The highest BCUT2D eigenvalue weighted by Crippen LogP contribution is 2.43. The molecule has 28 heavy (non-hydrogen) atoms. The van der Waals surface area contributed by atoms with E-state index in [0.717, 1.165) is 23.1 Å². The summed E-state index contributed by atoms with van der Waals surface area (Å²) in [6.07, 6.45) is -3.46. The quantitative estimate of drug-likeness (QED) is 0.726. The van der Waals surface area contributed by atoms with Crippen molar-refractivity contribution in [3.63, 3.8) is 0 Å². The SMILES string of the molecule is CCc1ccc(Cc2cc(C3CC(O)C(F)(F)C(CO)O3)c(O)cc2C)cc1. The largest absolute Gasteiger partial charge is 0.508 e. The molecule has 0 amide bonds. The second-order valence-electron chi connectivity index (χ2n) is 7.41. The number of aromatic hydroxyl groups is 1. The van der Waals surface area contributed by atoms with Crippen LogP contribution in [-0.2, 0) is 17.6 Å². The summed E-state index contributed by atoms with van der Waals surface area (Å²) in [7, 11) is 0. The number of phenols is 1. The fourth-order valence-electron chi connectivity index (χ4n) is 3.60. The van der Waals surface area contributed by atoms with Crippen LogP contribution in [0, 0.1) is 6.92 Å². The predicted octanol–water partition coefficient (Wildman–Crippen LogP) is 3.67. The molecule has 0 saturated carbocycles. The van der Waals surface area contributed by atoms with E-state index in [-0.39, 0.29) is 12.2 Å². The van der Waals surface area contributed by atoms with Gasteiger partial charge in [-0.25, -0.2) is 8.78 Å². The van der Waals surface area contributed by atoms with E-state index in [4.69, 9.17) is 4.74 Å². The van der Waals surface area contributed by atoms with Crippen LogP contribution < -0.4 is 0 Å². The van der Waals surface area contributed by atoms with Crippen molar-refractivity contribution in [2.45, 2.75) is 57.3 Å². The number of aryl methyl sites for hydroxylation is 2. The first-order valence-corrected chi connectivity index (χ1v) is 9.48. The van der Waals surface area contributed by atoms with E-state index in [1.165, 1.54) is 5.56 Å². The molecule has 0 radical (unpaired) electrons. The summed E-state index contributed by atoms with van der Waals surface area (Å²) >= 11 is 0. The Morgan fingerprint density at radius 3 is 2.39 bits per heavy atom. The van der Waals surface area contributed by atoms with Gasteiger partial charge in [-0.2, -0.15) is 0 Å². The normalized spacial score (nSPS) is 24.3. The lowest BCUT2D eigenvalue weighted by atomic mass is 9.90. The van der Waals surface area contributed by atoms with Gasteiger partial charge in [-0.3, -0.25) is 0 Å². The van der Waals surface area contributed by atoms with Crippen LogP contribution >= 0.6 is 0 Å². The van der Waals surface area contributed by atoms with E-state index in [9.17, 15) is 24.1 Å². The molecule has 3 rings (SSSR count). The Bertz CT molecular complexity index is 820. The van der Waals surface area contributed by atoms with Gasteiger partial charge in [0.1, 0.15) is 18.0 Å². The molecule has 0 aromatic heterocycles. The Kier molecular flexibility index (Phi) is 6.03. The zero-order chi connectivity index (χ0) is 20.5. The highest BCUT2D eigenvalue weighted by atomic mass is 19.3. The number of alkyl halides is 2. The van der Waals surface area contributed by atoms with Gasteiger partial charge < -0.3 is 20.1 Å². The van der Waals surface area contributed by atoms with E-state index in [0.29, 0.717) is 12.0 Å². The summed E-state index contributed by atoms with van der Waals surface area (Å²) in [6.45, 7) is 3.05. The molecule has 1 heterocycles. The van der Waals surface area contributed by atoms with Gasteiger partial charge in [0, 0.05) is 12.0 Å². The minimum Gasteiger partial charge on any atom is -0.508 e. The van der Waals surface area contributed by atoms with Gasteiger partial charge in [0.05, 0.1) is 12.7 Å². The standard InChI is InChI=1S/C22H26F2O4/c1-3-14-4-6-15(7-5-14)9-16-10-17(18(26)8-13(16)2)19-11-20(27)22(23,24)21(12-25)28-19/h4-8,10,19-21,25-27H,3,9,11-12H2,1-2H3. The smallest absolute Gasteiger partial charge is 0.301 e. The molecule has 0 bridgehead atoms. The van der Waals surface area contributed by atoms with E-state index < -0.39 is 30.8 Å². The maximum absolute atomic E-state index is 13.9. The number of rotatable bonds is 5. The lowest BCUT2D eigenvalue weighted by Gasteiger charge is -2.39. The minimum absolute atomic E-state index is 0.0679. The molecule has 2 aromatic rings. The fraction of sp³-hybridized carbons (Fsp3) is 0.455. The zero-order valence-electron chi connectivity index (χ0n) is 16.0. The Morgan fingerprint density at radius 1 is 1.14 bits per heavy atom. The lowest BCUT2D eigenvalue weighted by Crippen LogP contribution is -2.53. The number of halogens is 2. The fourth-order valence-corrected chi connectivity index (χ4v) is 3.60. The third-order valence-corrected chi connectivity index (χ3v) is 5.46. The van der Waals surface area contributed by atoms with Gasteiger partial charge >= 0.3 is 5.92 Å². The number of aliphatic hydroxyl groups is 2. The van der Waals surface area contributed by atoms with Crippen molar-refractivity contribution in [2.75, 3.05) is 6.61 Å². The zero-order valence-corrected chi connectivity index (χ0v) is 16.0. The van der Waals surface area contributed by atoms with Gasteiger partial charge in [0.2, 0.25) is 0 Å². The summed E-state index contributed by atoms with van der Waals surface area (Å²) in [6, 6.07) is 11.6. The lowest BCUT2D eigenvalue weighted by molar-refractivity contribution is -0.259. The maximum Gasteiger partial charge on any atom is 0.301 e. The first-order chi connectivity index (χ1) is 13.3. The first kappa shape index (κ1) is 20.7. The molecule has 3 atom stereocenters. The number of hydrogen-bond donors (Lipinski definition) is 3. The second-order valence-corrected chi connectivity index (χ2v) is 7.41. The third-order valence-electron chi connectivity index (χ3n) is 5.46. The minimum atomic E-state index is -3.53. The molecule has 1 aliphatic rings. The molecule has 152 valence electrons. The van der Waals surface area contributed by atoms with Crippen LogP contribution in [0.25, 0.3) is 0 Å². The molecule has 0 aliphatic carbocycles. The summed E-state index contributed by atoms with van der Waals surface area (Å²) < 4.78 is 33.2. The number of aliphatic hydroxyl groups excluding tert-OH is 2. The van der Waals surface area contributed by atoms with E-state index in [1.807, 2.05) is 19.1 Å². The molecule has 2 aromatic carbocycles. The number of phenolic OH excluding ortho intramolecular Hbond substituents is 1. The molecular formula is C22H26F2O4. The van der Waals surface area contributed by atoms with E-state index in [2.05, 4.69) is 19.1 Å². The molecule has 0 spiro atoms. The second kappa shape index (κ2) is 8.15. The monoisotopic (exact) mass is 392 g/mol. The Balaban J connectivity index is 1.88. The van der Waals surface area contributed by atoms with Crippen molar-refractivity contribution < 1.29 is 28.8 Å². The molecule has 1 aliphatic heterocycles. The Labute approximate surface area is 163 Å². The molecule has 4 nitrogen and oxygen atoms in total. The van der Waals surface area contributed by atoms with Crippen LogP contribution in [0.1, 0.15) is 47.3 Å². The van der Waals surface area contributed by atoms with Gasteiger partial charge in [-0.05, 0) is 54.2 Å². The highest BCUT2D eigenvalue weighted by molar-refractivity contribution is 5.45. The van der Waals surface area contributed by atoms with Gasteiger partial charge in [-0.15, -0.1) is 0 Å². The average Bonchev–Trinajstić information content (AvgIpc) is 2.66. The van der Waals surface area contributed by atoms with Crippen LogP contribution in [0.5, 0.6) is 5.75 Å². The van der Waals surface area contributed by atoms with Crippen molar-refractivity contribution in [1.82, 2.24) is 0 Å². The van der Waals surface area contributed by atoms with Crippen LogP contribution in [0.2, 0.25) is 0 Å². The van der Waals surface area contributed by atoms with E-state index >= 15 is 0 Å². The third kappa shape index (κ3) is 4.04. The molecule has 3 unspecified atom stereocenters. The van der Waals surface area contributed by atoms with Crippen molar-refractivity contribution in [1.29, 1.82) is 0 Å². The van der Waals surface area contributed by atoms with Crippen molar-refractivity contribution in [2.24, 2.45) is 0 Å². The van der Waals surface area contributed by atoms with Crippen molar-refractivity contribution in [3.8, 4) is 5.75 Å². The summed E-state index contributed by atoms with van der Waals surface area (Å²) in [5.74, 6) is -3.60. The van der Waals surface area contributed by atoms with E-state index in [1.54, 1.807) is 12.1 Å². The molecule has 1 fully saturated rings. The van der Waals surface area contributed by atoms with Crippen LogP contribution in [0.15, 0.2) is 36.4 Å². The van der Waals surface area contributed by atoms with Gasteiger partial charge in [-0.1, -0.05) is 31.2 Å². The molecule has 6 heteroatoms. The number of hydrogen-bond acceptors (Lipinski definition) is 4. The Hall–Kier alpha value is -2.02. The predicted molar refractivity (Wildman–Crippen MR) is 102 cm³/mol. The van der Waals surface area contributed by atoms with Gasteiger partial charge in [0.15, 0.2) is 0 Å². The summed E-state index contributed by atoms with van der Waals surface area (Å²) in [4.78, 5) is 0. The van der Waals surface area contributed by atoms with Gasteiger partial charge in [0.25, 0.3) is 0 Å². The topological polar surface area (TPSA) is 69.9 Å². The molecular weight excluding hydrogens is 366 g/mol. The first-order valence-electron chi connectivity index (χ1n) is 9.48. The number of benzene rings is 2. The van der Waals surface area contributed by atoms with Crippen molar-refractivity contribution >= 4 is 0 Å².